The van der Waals surface area contributed by atoms with Crippen LogP contribution in [0.15, 0.2) is 36.4 Å². The predicted octanol–water partition coefficient (Wildman–Crippen LogP) is 6.97. The molecule has 0 radical (unpaired) electrons. The number of hydrogen-bond acceptors (Lipinski definition) is 2. The minimum absolute atomic E-state index is 0.749. The molecule has 26 heavy (non-hydrogen) atoms. The molecule has 0 heterocycles. The summed E-state index contributed by atoms with van der Waals surface area (Å²) >= 11 is 0. The van der Waals surface area contributed by atoms with Gasteiger partial charge in [0.05, 0.1) is 13.2 Å². The Kier molecular flexibility index (Phi) is 6.03. The molecule has 3 aromatic carbocycles. The predicted molar refractivity (Wildman–Crippen MR) is 112 cm³/mol. The lowest BCUT2D eigenvalue weighted by Crippen LogP contribution is -2.02. The van der Waals surface area contributed by atoms with Gasteiger partial charge in [-0.15, -0.1) is 0 Å². The first-order chi connectivity index (χ1) is 12.7. The third-order valence-electron chi connectivity index (χ3n) is 4.82. The van der Waals surface area contributed by atoms with Gasteiger partial charge in [0, 0.05) is 21.5 Å². The molecule has 0 saturated carbocycles. The van der Waals surface area contributed by atoms with E-state index in [0.717, 1.165) is 71.9 Å². The number of fused-ring (bicyclic) bond motifs is 2. The monoisotopic (exact) mass is 350 g/mol. The zero-order chi connectivity index (χ0) is 18.5. The van der Waals surface area contributed by atoms with Gasteiger partial charge in [-0.1, -0.05) is 62.1 Å². The molecule has 0 N–H and O–H groups in total. The molecule has 2 nitrogen and oxygen atoms in total. The molecule has 0 amide bonds. The molecule has 0 atom stereocenters. The van der Waals surface area contributed by atoms with Crippen LogP contribution in [-0.4, -0.2) is 13.2 Å². The topological polar surface area (TPSA) is 18.5 Å². The van der Waals surface area contributed by atoms with Crippen molar-refractivity contribution in [1.82, 2.24) is 0 Å². The van der Waals surface area contributed by atoms with Gasteiger partial charge in [0.15, 0.2) is 0 Å². The van der Waals surface area contributed by atoms with Crippen molar-refractivity contribution >= 4 is 21.5 Å². The third-order valence-corrected chi connectivity index (χ3v) is 4.82. The average Bonchev–Trinajstić information content (AvgIpc) is 2.63. The van der Waals surface area contributed by atoms with Crippen LogP contribution in [0, 0.1) is 13.8 Å². The molecule has 0 saturated heterocycles. The lowest BCUT2D eigenvalue weighted by molar-refractivity contribution is 0.311. The minimum atomic E-state index is 0.749. The Morgan fingerprint density at radius 3 is 1.46 bits per heavy atom. The van der Waals surface area contributed by atoms with Crippen LogP contribution in [-0.2, 0) is 0 Å². The first-order valence-corrected chi connectivity index (χ1v) is 9.88. The van der Waals surface area contributed by atoms with Crippen molar-refractivity contribution < 1.29 is 9.47 Å². The number of benzene rings is 3. The quantitative estimate of drug-likeness (QED) is 0.323. The zero-order valence-electron chi connectivity index (χ0n) is 16.5. The van der Waals surface area contributed by atoms with Crippen LogP contribution in [0.3, 0.4) is 0 Å². The fourth-order valence-corrected chi connectivity index (χ4v) is 3.33. The van der Waals surface area contributed by atoms with Crippen LogP contribution in [0.25, 0.3) is 21.5 Å². The summed E-state index contributed by atoms with van der Waals surface area (Å²) in [6, 6.07) is 13.1. The summed E-state index contributed by atoms with van der Waals surface area (Å²) in [5, 5.41) is 4.61. The molecular formula is C24H30O2. The van der Waals surface area contributed by atoms with Crippen molar-refractivity contribution in [1.29, 1.82) is 0 Å². The number of rotatable bonds is 8. The van der Waals surface area contributed by atoms with Gasteiger partial charge in [0.2, 0.25) is 0 Å². The first-order valence-electron chi connectivity index (χ1n) is 9.88. The van der Waals surface area contributed by atoms with Crippen molar-refractivity contribution in [3.63, 3.8) is 0 Å². The van der Waals surface area contributed by atoms with Crippen molar-refractivity contribution in [3.8, 4) is 11.5 Å². The van der Waals surface area contributed by atoms with Crippen molar-refractivity contribution in [2.45, 2.75) is 53.4 Å². The zero-order valence-corrected chi connectivity index (χ0v) is 16.5. The van der Waals surface area contributed by atoms with E-state index in [0.29, 0.717) is 0 Å². The molecule has 3 aromatic rings. The summed E-state index contributed by atoms with van der Waals surface area (Å²) in [5.41, 5.74) is 2.48. The largest absolute Gasteiger partial charge is 0.492 e. The molecule has 3 rings (SSSR count). The van der Waals surface area contributed by atoms with Crippen LogP contribution >= 0.6 is 0 Å². The first kappa shape index (κ1) is 18.6. The van der Waals surface area contributed by atoms with Crippen molar-refractivity contribution in [2.24, 2.45) is 0 Å². The maximum atomic E-state index is 6.31. The molecule has 0 bridgehead atoms. The Hall–Kier alpha value is -2.22. The maximum Gasteiger partial charge on any atom is 0.135 e. The van der Waals surface area contributed by atoms with Crippen molar-refractivity contribution in [2.75, 3.05) is 13.2 Å². The summed E-state index contributed by atoms with van der Waals surface area (Å²) in [5.74, 6) is 1.99. The highest BCUT2D eigenvalue weighted by molar-refractivity contribution is 6.11. The van der Waals surface area contributed by atoms with Crippen LogP contribution in [0.2, 0.25) is 0 Å². The summed E-state index contributed by atoms with van der Waals surface area (Å²) in [6.07, 6.45) is 4.39. The second-order valence-electron chi connectivity index (χ2n) is 7.16. The Bertz CT molecular complexity index is 833. The Balaban J connectivity index is 2.25. The van der Waals surface area contributed by atoms with Crippen LogP contribution in [0.5, 0.6) is 11.5 Å². The molecular weight excluding hydrogens is 320 g/mol. The average molecular weight is 351 g/mol. The van der Waals surface area contributed by atoms with E-state index in [2.05, 4.69) is 64.1 Å². The minimum Gasteiger partial charge on any atom is -0.492 e. The van der Waals surface area contributed by atoms with Crippen LogP contribution < -0.4 is 9.47 Å². The summed E-state index contributed by atoms with van der Waals surface area (Å²) in [7, 11) is 0. The lowest BCUT2D eigenvalue weighted by Gasteiger charge is -2.18. The standard InChI is InChI=1S/C24H30O2/c1-5-7-13-25-23-19-11-9-17(3)15-21(19)24(26-14-8-6-2)22-16-18(4)10-12-20(22)23/h9-12,15-16H,5-8,13-14H2,1-4H3. The fourth-order valence-electron chi connectivity index (χ4n) is 3.33. The number of hydrogen-bond donors (Lipinski definition) is 0. The van der Waals surface area contributed by atoms with Gasteiger partial charge < -0.3 is 9.47 Å². The molecule has 0 aliphatic heterocycles. The van der Waals surface area contributed by atoms with Crippen molar-refractivity contribution in [3.05, 3.63) is 47.5 Å². The molecule has 0 spiro atoms. The van der Waals surface area contributed by atoms with E-state index >= 15 is 0 Å². The Morgan fingerprint density at radius 2 is 1.04 bits per heavy atom. The maximum absolute atomic E-state index is 6.31. The highest BCUT2D eigenvalue weighted by atomic mass is 16.5. The summed E-state index contributed by atoms with van der Waals surface area (Å²) < 4.78 is 12.6. The number of unbranched alkanes of at least 4 members (excludes halogenated alkanes) is 2. The molecule has 138 valence electrons. The fraction of sp³-hybridized carbons (Fsp3) is 0.417. The lowest BCUT2D eigenvalue weighted by atomic mass is 9.97. The molecule has 0 unspecified atom stereocenters. The van der Waals surface area contributed by atoms with Gasteiger partial charge in [-0.05, 0) is 38.8 Å². The van der Waals surface area contributed by atoms with E-state index in [-0.39, 0.29) is 0 Å². The van der Waals surface area contributed by atoms with E-state index in [1.807, 2.05) is 0 Å². The SMILES string of the molecule is CCCCOc1c2ccc(C)cc2c(OCCCC)c2cc(C)ccc12. The van der Waals surface area contributed by atoms with Crippen LogP contribution in [0.1, 0.15) is 50.7 Å². The van der Waals surface area contributed by atoms with E-state index in [1.54, 1.807) is 0 Å². The summed E-state index contributed by atoms with van der Waals surface area (Å²) in [4.78, 5) is 0. The van der Waals surface area contributed by atoms with E-state index in [9.17, 15) is 0 Å². The van der Waals surface area contributed by atoms with Gasteiger partial charge in [-0.2, -0.15) is 0 Å². The molecule has 2 heteroatoms. The van der Waals surface area contributed by atoms with Gasteiger partial charge in [-0.3, -0.25) is 0 Å². The molecule has 0 fully saturated rings. The Labute approximate surface area is 157 Å². The van der Waals surface area contributed by atoms with Gasteiger partial charge in [0.1, 0.15) is 11.5 Å². The number of aryl methyl sites for hydroxylation is 2. The highest BCUT2D eigenvalue weighted by Gasteiger charge is 2.16. The van der Waals surface area contributed by atoms with Gasteiger partial charge >= 0.3 is 0 Å². The van der Waals surface area contributed by atoms with Crippen LogP contribution in [0.4, 0.5) is 0 Å². The molecule has 0 aliphatic carbocycles. The smallest absolute Gasteiger partial charge is 0.135 e. The van der Waals surface area contributed by atoms with Gasteiger partial charge in [0.25, 0.3) is 0 Å². The van der Waals surface area contributed by atoms with E-state index in [4.69, 9.17) is 9.47 Å². The molecule has 0 aromatic heterocycles. The third kappa shape index (κ3) is 3.80. The van der Waals surface area contributed by atoms with E-state index in [1.165, 1.54) is 11.1 Å². The summed E-state index contributed by atoms with van der Waals surface area (Å²) in [6.45, 7) is 10.1. The molecule has 0 aliphatic rings. The normalized spacial score (nSPS) is 11.2. The highest BCUT2D eigenvalue weighted by Crippen LogP contribution is 2.43. The van der Waals surface area contributed by atoms with E-state index < -0.39 is 0 Å². The second kappa shape index (κ2) is 8.44. The Morgan fingerprint density at radius 1 is 0.615 bits per heavy atom. The van der Waals surface area contributed by atoms with Gasteiger partial charge in [-0.25, -0.2) is 0 Å². The number of ether oxygens (including phenoxy) is 2. The second-order valence-corrected chi connectivity index (χ2v) is 7.16.